The van der Waals surface area contributed by atoms with Crippen molar-refractivity contribution in [2.24, 2.45) is 0 Å². The molecule has 11 heteroatoms. The molecule has 2 aromatic heterocycles. The molecule has 28 heavy (non-hydrogen) atoms. The fourth-order valence-electron chi connectivity index (χ4n) is 2.57. The van der Waals surface area contributed by atoms with Crippen molar-refractivity contribution in [2.45, 2.75) is 19.1 Å². The van der Waals surface area contributed by atoms with E-state index in [2.05, 4.69) is 15.5 Å². The molecule has 0 spiro atoms. The first-order valence-corrected chi connectivity index (χ1v) is 9.62. The van der Waals surface area contributed by atoms with Crippen LogP contribution in [0.4, 0.5) is 5.69 Å². The zero-order valence-electron chi connectivity index (χ0n) is 14.6. The lowest BCUT2D eigenvalue weighted by Crippen LogP contribution is -2.29. The molecule has 3 N–H and O–H groups in total. The molecule has 0 saturated carbocycles. The summed E-state index contributed by atoms with van der Waals surface area (Å²) in [6, 6.07) is 9.39. The van der Waals surface area contributed by atoms with Gasteiger partial charge in [0.2, 0.25) is 5.91 Å². The number of nitro groups is 1. The van der Waals surface area contributed by atoms with E-state index in [0.29, 0.717) is 22.7 Å². The third kappa shape index (κ3) is 4.68. The summed E-state index contributed by atoms with van der Waals surface area (Å²) in [5.41, 5.74) is 0.432. The highest BCUT2D eigenvalue weighted by molar-refractivity contribution is 7.71. The van der Waals surface area contributed by atoms with Gasteiger partial charge in [-0.15, -0.1) is 11.3 Å². The number of nitrogens with zero attached hydrogens (tertiary/aromatic N) is 3. The van der Waals surface area contributed by atoms with Crippen molar-refractivity contribution in [1.82, 2.24) is 20.1 Å². The molecule has 9 nitrogen and oxygen atoms in total. The van der Waals surface area contributed by atoms with Crippen LogP contribution in [0.1, 0.15) is 18.1 Å². The normalized spacial score (nSPS) is 11.9. The molecule has 1 unspecified atom stereocenters. The molecule has 2 heterocycles. The van der Waals surface area contributed by atoms with Gasteiger partial charge in [-0.05, 0) is 41.4 Å². The van der Waals surface area contributed by atoms with Gasteiger partial charge in [-0.2, -0.15) is 5.10 Å². The first kappa shape index (κ1) is 19.9. The molecule has 0 aliphatic carbocycles. The topological polar surface area (TPSA) is 126 Å². The summed E-state index contributed by atoms with van der Waals surface area (Å²) in [6.45, 7) is 0.354. The fourth-order valence-corrected chi connectivity index (χ4v) is 3.51. The predicted molar refractivity (Wildman–Crippen MR) is 106 cm³/mol. The summed E-state index contributed by atoms with van der Waals surface area (Å²) < 4.78 is 2.19. The van der Waals surface area contributed by atoms with Crippen molar-refractivity contribution >= 4 is 35.1 Å². The first-order chi connectivity index (χ1) is 13.5. The summed E-state index contributed by atoms with van der Waals surface area (Å²) in [5, 5.41) is 32.3. The highest BCUT2D eigenvalue weighted by Crippen LogP contribution is 2.23. The van der Waals surface area contributed by atoms with Gasteiger partial charge in [-0.3, -0.25) is 24.6 Å². The van der Waals surface area contributed by atoms with Gasteiger partial charge in [0.1, 0.15) is 0 Å². The van der Waals surface area contributed by atoms with Crippen molar-refractivity contribution in [2.75, 3.05) is 6.54 Å². The number of carbonyl (C=O) groups excluding carboxylic acids is 1. The van der Waals surface area contributed by atoms with Crippen LogP contribution in [0.15, 0.2) is 41.8 Å². The van der Waals surface area contributed by atoms with Crippen molar-refractivity contribution in [3.8, 4) is 10.7 Å². The number of aliphatic hydroxyl groups is 1. The predicted octanol–water partition coefficient (Wildman–Crippen LogP) is 2.82. The second kappa shape index (κ2) is 8.87. The Hall–Kier alpha value is -2.89. The standard InChI is InChI=1S/C17H17N5O4S2/c23-13(11-3-5-12(6-4-11)22(25)26)10-18-15(24)7-8-21-16(19-20-17(21)27)14-2-1-9-28-14/h1-6,9,13,23H,7-8,10H2,(H,18,24)(H,20,27). The number of hydrogen-bond donors (Lipinski definition) is 3. The molecule has 3 rings (SSSR count). The van der Waals surface area contributed by atoms with Crippen LogP contribution in [0.25, 0.3) is 10.7 Å². The van der Waals surface area contributed by atoms with Crippen molar-refractivity contribution in [1.29, 1.82) is 0 Å². The van der Waals surface area contributed by atoms with E-state index in [1.807, 2.05) is 17.5 Å². The lowest BCUT2D eigenvalue weighted by molar-refractivity contribution is -0.384. The van der Waals surface area contributed by atoms with Gasteiger partial charge >= 0.3 is 0 Å². The third-order valence-electron chi connectivity index (χ3n) is 4.04. The van der Waals surface area contributed by atoms with Crippen LogP contribution < -0.4 is 5.32 Å². The van der Waals surface area contributed by atoms with Gasteiger partial charge in [-0.1, -0.05) is 6.07 Å². The third-order valence-corrected chi connectivity index (χ3v) is 5.22. The Labute approximate surface area is 168 Å². The Morgan fingerprint density at radius 2 is 2.14 bits per heavy atom. The minimum absolute atomic E-state index is 0.00517. The molecule has 0 aliphatic heterocycles. The summed E-state index contributed by atoms with van der Waals surface area (Å²) in [5.74, 6) is 0.430. The van der Waals surface area contributed by atoms with E-state index < -0.39 is 11.0 Å². The average molecular weight is 419 g/mol. The van der Waals surface area contributed by atoms with Gasteiger partial charge in [-0.25, -0.2) is 0 Å². The van der Waals surface area contributed by atoms with E-state index in [4.69, 9.17) is 12.2 Å². The molecule has 1 aromatic carbocycles. The fraction of sp³-hybridized carbons (Fsp3) is 0.235. The maximum atomic E-state index is 12.1. The number of benzene rings is 1. The van der Waals surface area contributed by atoms with Gasteiger partial charge in [0.05, 0.1) is 15.9 Å². The van der Waals surface area contributed by atoms with Crippen LogP contribution in [-0.4, -0.2) is 37.2 Å². The quantitative estimate of drug-likeness (QED) is 0.293. The van der Waals surface area contributed by atoms with Gasteiger partial charge in [0, 0.05) is 31.6 Å². The molecule has 1 atom stereocenters. The number of aromatic amines is 1. The monoisotopic (exact) mass is 419 g/mol. The highest BCUT2D eigenvalue weighted by atomic mass is 32.1. The number of aliphatic hydroxyl groups excluding tert-OH is 1. The largest absolute Gasteiger partial charge is 0.387 e. The number of nitro benzene ring substituents is 1. The number of thiophene rings is 1. The minimum atomic E-state index is -0.956. The number of aromatic nitrogens is 3. The molecule has 0 saturated heterocycles. The van der Waals surface area contributed by atoms with Gasteiger partial charge in [0.15, 0.2) is 10.6 Å². The summed E-state index contributed by atoms with van der Waals surface area (Å²) in [6.07, 6.45) is -0.790. The molecule has 1 amide bonds. The molecular formula is C17H17N5O4S2. The number of carbonyl (C=O) groups is 1. The number of non-ortho nitro benzene ring substituents is 1. The number of hydrogen-bond acceptors (Lipinski definition) is 7. The Morgan fingerprint density at radius 3 is 2.79 bits per heavy atom. The van der Waals surface area contributed by atoms with E-state index in [1.165, 1.54) is 35.6 Å². The Morgan fingerprint density at radius 1 is 1.39 bits per heavy atom. The lowest BCUT2D eigenvalue weighted by Gasteiger charge is -2.12. The SMILES string of the molecule is O=C(CCn1c(-c2cccs2)n[nH]c1=S)NCC(O)c1ccc([N+](=O)[O-])cc1. The number of amides is 1. The van der Waals surface area contributed by atoms with E-state index in [9.17, 15) is 20.0 Å². The maximum Gasteiger partial charge on any atom is 0.269 e. The molecule has 0 aliphatic rings. The second-order valence-corrected chi connectivity index (χ2v) is 7.23. The zero-order chi connectivity index (χ0) is 20.1. The van der Waals surface area contributed by atoms with E-state index in [1.54, 1.807) is 4.57 Å². The van der Waals surface area contributed by atoms with Crippen LogP contribution in [0, 0.1) is 14.9 Å². The van der Waals surface area contributed by atoms with Crippen LogP contribution >= 0.6 is 23.6 Å². The summed E-state index contributed by atoms with van der Waals surface area (Å²) in [4.78, 5) is 23.2. The molecule has 3 aromatic rings. The zero-order valence-corrected chi connectivity index (χ0v) is 16.2. The van der Waals surface area contributed by atoms with E-state index >= 15 is 0 Å². The maximum absolute atomic E-state index is 12.1. The van der Waals surface area contributed by atoms with Crippen LogP contribution in [0.5, 0.6) is 0 Å². The summed E-state index contributed by atoms with van der Waals surface area (Å²) >= 11 is 6.75. The van der Waals surface area contributed by atoms with Gasteiger partial charge < -0.3 is 10.4 Å². The van der Waals surface area contributed by atoms with Crippen LogP contribution in [0.2, 0.25) is 0 Å². The highest BCUT2D eigenvalue weighted by Gasteiger charge is 2.14. The Bertz CT molecular complexity index is 1010. The first-order valence-electron chi connectivity index (χ1n) is 8.34. The summed E-state index contributed by atoms with van der Waals surface area (Å²) in [7, 11) is 0. The molecule has 146 valence electrons. The Balaban J connectivity index is 1.53. The molecular weight excluding hydrogens is 402 g/mol. The van der Waals surface area contributed by atoms with Crippen molar-refractivity contribution in [3.05, 3.63) is 62.2 Å². The molecule has 0 fully saturated rings. The second-order valence-electron chi connectivity index (χ2n) is 5.90. The van der Waals surface area contributed by atoms with E-state index in [-0.39, 0.29) is 24.6 Å². The van der Waals surface area contributed by atoms with Crippen molar-refractivity contribution < 1.29 is 14.8 Å². The average Bonchev–Trinajstić information content (AvgIpc) is 3.34. The number of rotatable bonds is 8. The van der Waals surface area contributed by atoms with Crippen molar-refractivity contribution in [3.63, 3.8) is 0 Å². The minimum Gasteiger partial charge on any atom is -0.387 e. The van der Waals surface area contributed by atoms with E-state index in [0.717, 1.165) is 4.88 Å². The van der Waals surface area contributed by atoms with Crippen LogP contribution in [-0.2, 0) is 11.3 Å². The molecule has 0 radical (unpaired) electrons. The van der Waals surface area contributed by atoms with Crippen LogP contribution in [0.3, 0.4) is 0 Å². The smallest absolute Gasteiger partial charge is 0.269 e. The Kier molecular flexibility index (Phi) is 6.29. The molecule has 0 bridgehead atoms. The lowest BCUT2D eigenvalue weighted by atomic mass is 10.1. The number of nitrogens with one attached hydrogen (secondary N) is 2. The van der Waals surface area contributed by atoms with Gasteiger partial charge in [0.25, 0.3) is 5.69 Å². The number of H-pyrrole nitrogens is 1.